The Labute approximate surface area is 111 Å². The molecule has 0 aromatic heterocycles. The van der Waals surface area contributed by atoms with E-state index in [1.165, 1.54) is 0 Å². The molecule has 1 aromatic rings. The first-order valence-corrected chi connectivity index (χ1v) is 6.03. The number of nitro groups is 1. The fourth-order valence-corrected chi connectivity index (χ4v) is 1.62. The molecule has 0 saturated carbocycles. The Balaban J connectivity index is 2.90. The lowest BCUT2D eigenvalue weighted by Gasteiger charge is -2.06. The van der Waals surface area contributed by atoms with E-state index in [4.69, 9.17) is 4.74 Å². The average molecular weight is 320 g/mol. The number of carbonyl (C=O) groups excluding carboxylic acids is 1. The van der Waals surface area contributed by atoms with Gasteiger partial charge in [0.05, 0.1) is 9.40 Å². The number of hydrogen-bond donors (Lipinski definition) is 0. The lowest BCUT2D eigenvalue weighted by molar-refractivity contribution is -0.385. The van der Waals surface area contributed by atoms with Crippen LogP contribution in [-0.2, 0) is 4.79 Å². The molecular formula is C11H11BrFNO4. The van der Waals surface area contributed by atoms with E-state index < -0.39 is 10.7 Å². The number of ether oxygens (including phenoxy) is 1. The fourth-order valence-electron chi connectivity index (χ4n) is 1.29. The van der Waals surface area contributed by atoms with Gasteiger partial charge in [-0.05, 0) is 22.4 Å². The van der Waals surface area contributed by atoms with Gasteiger partial charge >= 0.3 is 5.69 Å². The van der Waals surface area contributed by atoms with Crippen LogP contribution in [0.4, 0.5) is 10.1 Å². The van der Waals surface area contributed by atoms with Crippen molar-refractivity contribution in [2.75, 3.05) is 6.61 Å². The Morgan fingerprint density at radius 1 is 1.56 bits per heavy atom. The molecule has 0 atom stereocenters. The van der Waals surface area contributed by atoms with Gasteiger partial charge < -0.3 is 4.74 Å². The maximum Gasteiger partial charge on any atom is 0.312 e. The molecule has 0 bridgehead atoms. The second-order valence-electron chi connectivity index (χ2n) is 3.57. The van der Waals surface area contributed by atoms with E-state index in [1.54, 1.807) is 0 Å². The van der Waals surface area contributed by atoms with Gasteiger partial charge in [0, 0.05) is 18.6 Å². The van der Waals surface area contributed by atoms with Crippen LogP contribution in [0.1, 0.15) is 19.8 Å². The van der Waals surface area contributed by atoms with Gasteiger partial charge in [-0.25, -0.2) is 4.39 Å². The SMILES string of the molecule is CCCC(=O)COc1cc(F)c(Br)cc1[N+](=O)[O-]. The Bertz CT molecular complexity index is 478. The predicted molar refractivity (Wildman–Crippen MR) is 66.2 cm³/mol. The molecule has 18 heavy (non-hydrogen) atoms. The van der Waals surface area contributed by atoms with Gasteiger partial charge in [-0.2, -0.15) is 0 Å². The fraction of sp³-hybridized carbons (Fsp3) is 0.364. The smallest absolute Gasteiger partial charge is 0.312 e. The molecule has 0 aliphatic rings. The molecule has 0 fully saturated rings. The minimum atomic E-state index is -0.691. The summed E-state index contributed by atoms with van der Waals surface area (Å²) in [5, 5.41) is 10.8. The Kier molecular flexibility index (Phi) is 5.21. The number of halogens is 2. The number of ketones is 1. The zero-order valence-electron chi connectivity index (χ0n) is 9.61. The van der Waals surface area contributed by atoms with E-state index in [0.717, 1.165) is 12.1 Å². The van der Waals surface area contributed by atoms with Crippen LogP contribution in [0.2, 0.25) is 0 Å². The minimum absolute atomic E-state index is 0.0264. The topological polar surface area (TPSA) is 69.4 Å². The first-order chi connectivity index (χ1) is 8.45. The molecule has 5 nitrogen and oxygen atoms in total. The molecule has 0 radical (unpaired) electrons. The Morgan fingerprint density at radius 2 is 2.22 bits per heavy atom. The largest absolute Gasteiger partial charge is 0.479 e. The van der Waals surface area contributed by atoms with Crippen LogP contribution in [0.5, 0.6) is 5.75 Å². The zero-order chi connectivity index (χ0) is 13.7. The molecule has 0 heterocycles. The number of nitrogens with zero attached hydrogens (tertiary/aromatic N) is 1. The van der Waals surface area contributed by atoms with E-state index in [1.807, 2.05) is 6.92 Å². The highest BCUT2D eigenvalue weighted by Crippen LogP contribution is 2.32. The third-order valence-electron chi connectivity index (χ3n) is 2.12. The summed E-state index contributed by atoms with van der Waals surface area (Å²) in [5.41, 5.74) is -0.382. The van der Waals surface area contributed by atoms with E-state index >= 15 is 0 Å². The number of benzene rings is 1. The second kappa shape index (κ2) is 6.44. The molecule has 0 aliphatic carbocycles. The first kappa shape index (κ1) is 14.6. The van der Waals surface area contributed by atoms with E-state index in [-0.39, 0.29) is 28.3 Å². The van der Waals surface area contributed by atoms with Crippen molar-refractivity contribution in [2.24, 2.45) is 0 Å². The monoisotopic (exact) mass is 319 g/mol. The molecule has 0 saturated heterocycles. The Morgan fingerprint density at radius 3 is 2.78 bits per heavy atom. The molecule has 98 valence electrons. The van der Waals surface area contributed by atoms with Crippen LogP contribution in [0.15, 0.2) is 16.6 Å². The van der Waals surface area contributed by atoms with Crippen molar-refractivity contribution in [3.8, 4) is 5.75 Å². The van der Waals surface area contributed by atoms with E-state index in [0.29, 0.717) is 12.8 Å². The highest BCUT2D eigenvalue weighted by Gasteiger charge is 2.19. The second-order valence-corrected chi connectivity index (χ2v) is 4.42. The van der Waals surface area contributed by atoms with Crippen molar-refractivity contribution in [1.29, 1.82) is 0 Å². The van der Waals surface area contributed by atoms with Crippen LogP contribution in [0.3, 0.4) is 0 Å². The van der Waals surface area contributed by atoms with Crippen LogP contribution >= 0.6 is 15.9 Å². The number of carbonyl (C=O) groups is 1. The molecule has 1 aromatic carbocycles. The lowest BCUT2D eigenvalue weighted by Crippen LogP contribution is -2.11. The molecule has 0 spiro atoms. The molecule has 0 amide bonds. The quantitative estimate of drug-likeness (QED) is 0.596. The lowest BCUT2D eigenvalue weighted by atomic mass is 10.2. The maximum atomic E-state index is 13.3. The highest BCUT2D eigenvalue weighted by molar-refractivity contribution is 9.10. The third-order valence-corrected chi connectivity index (χ3v) is 2.72. The highest BCUT2D eigenvalue weighted by atomic mass is 79.9. The summed E-state index contributed by atoms with van der Waals surface area (Å²) in [6, 6.07) is 1.90. The van der Waals surface area contributed by atoms with Crippen molar-refractivity contribution in [1.82, 2.24) is 0 Å². The molecule has 0 N–H and O–H groups in total. The van der Waals surface area contributed by atoms with Gasteiger partial charge in [0.25, 0.3) is 0 Å². The summed E-state index contributed by atoms with van der Waals surface area (Å²) in [6.45, 7) is 1.54. The van der Waals surface area contributed by atoms with Gasteiger partial charge in [0.1, 0.15) is 12.4 Å². The van der Waals surface area contributed by atoms with Crippen molar-refractivity contribution in [2.45, 2.75) is 19.8 Å². The average Bonchev–Trinajstić information content (AvgIpc) is 2.30. The summed E-state index contributed by atoms with van der Waals surface area (Å²) in [4.78, 5) is 21.3. The number of nitro benzene ring substituents is 1. The summed E-state index contributed by atoms with van der Waals surface area (Å²) in [5.74, 6) is -1.11. The van der Waals surface area contributed by atoms with Gasteiger partial charge in [-0.3, -0.25) is 14.9 Å². The predicted octanol–water partition coefficient (Wildman–Crippen LogP) is 3.24. The Hall–Kier alpha value is -1.50. The number of hydrogen-bond acceptors (Lipinski definition) is 4. The van der Waals surface area contributed by atoms with Gasteiger partial charge in [0.2, 0.25) is 5.75 Å². The normalized spacial score (nSPS) is 10.2. The molecule has 1 rings (SSSR count). The van der Waals surface area contributed by atoms with Crippen LogP contribution in [0.25, 0.3) is 0 Å². The molecule has 7 heteroatoms. The molecule has 0 unspecified atom stereocenters. The van der Waals surface area contributed by atoms with Crippen molar-refractivity contribution in [3.05, 3.63) is 32.5 Å². The third kappa shape index (κ3) is 3.76. The van der Waals surface area contributed by atoms with Crippen LogP contribution in [-0.4, -0.2) is 17.3 Å². The summed E-state index contributed by atoms with van der Waals surface area (Å²) < 4.78 is 18.2. The molecular weight excluding hydrogens is 309 g/mol. The van der Waals surface area contributed by atoms with Crippen LogP contribution in [0, 0.1) is 15.9 Å². The van der Waals surface area contributed by atoms with Gasteiger partial charge in [-0.15, -0.1) is 0 Å². The maximum absolute atomic E-state index is 13.3. The number of rotatable bonds is 6. The summed E-state index contributed by atoms with van der Waals surface area (Å²) >= 11 is 2.85. The van der Waals surface area contributed by atoms with Crippen molar-refractivity contribution >= 4 is 27.4 Å². The summed E-state index contributed by atoms with van der Waals surface area (Å²) in [7, 11) is 0. The first-order valence-electron chi connectivity index (χ1n) is 5.23. The van der Waals surface area contributed by atoms with Crippen molar-refractivity contribution in [3.63, 3.8) is 0 Å². The standard InChI is InChI=1S/C11H11BrFNO4/c1-2-3-7(15)6-18-11-5-9(13)8(12)4-10(11)14(16)17/h4-5H,2-3,6H2,1H3. The van der Waals surface area contributed by atoms with E-state index in [9.17, 15) is 19.3 Å². The van der Waals surface area contributed by atoms with Crippen LogP contribution < -0.4 is 4.74 Å². The van der Waals surface area contributed by atoms with Crippen molar-refractivity contribution < 1.29 is 18.8 Å². The van der Waals surface area contributed by atoms with Gasteiger partial charge in [-0.1, -0.05) is 6.92 Å². The van der Waals surface area contributed by atoms with Gasteiger partial charge in [0.15, 0.2) is 5.78 Å². The van der Waals surface area contributed by atoms with E-state index in [2.05, 4.69) is 15.9 Å². The number of Topliss-reactive ketones (excluding diaryl/α,β-unsaturated/α-hetero) is 1. The molecule has 0 aliphatic heterocycles. The zero-order valence-corrected chi connectivity index (χ0v) is 11.2. The summed E-state index contributed by atoms with van der Waals surface area (Å²) in [6.07, 6.45) is 0.992. The minimum Gasteiger partial charge on any atom is -0.479 e.